The van der Waals surface area contributed by atoms with Gasteiger partial charge in [-0.3, -0.25) is 0 Å². The van der Waals surface area contributed by atoms with Crippen molar-refractivity contribution >= 4 is 5.69 Å². The molecule has 0 N–H and O–H groups in total. The molecule has 30 heavy (non-hydrogen) atoms. The summed E-state index contributed by atoms with van der Waals surface area (Å²) in [5, 5.41) is 0. The second-order valence-corrected chi connectivity index (χ2v) is 9.02. The highest BCUT2D eigenvalue weighted by atomic mass is 16.5. The maximum Gasteiger partial charge on any atom is 0.121 e. The van der Waals surface area contributed by atoms with Crippen molar-refractivity contribution in [1.82, 2.24) is 9.80 Å². The van der Waals surface area contributed by atoms with Crippen LogP contribution in [0.3, 0.4) is 0 Å². The summed E-state index contributed by atoms with van der Waals surface area (Å²) in [6.07, 6.45) is 11.3. The molecule has 0 atom stereocenters. The number of nitrogens with zero attached hydrogens (tertiary/aromatic N) is 3. The maximum atomic E-state index is 6.02. The van der Waals surface area contributed by atoms with Gasteiger partial charge in [0.05, 0.1) is 6.67 Å². The van der Waals surface area contributed by atoms with Crippen LogP contribution in [0.5, 0.6) is 5.75 Å². The second kappa shape index (κ2) is 9.13. The average molecular weight is 404 g/mol. The van der Waals surface area contributed by atoms with Gasteiger partial charge in [0.1, 0.15) is 12.4 Å². The Bertz CT molecular complexity index is 840. The molecule has 0 amide bonds. The zero-order chi connectivity index (χ0) is 20.2. The Balaban J connectivity index is 1.12. The first-order valence-corrected chi connectivity index (χ1v) is 11.5. The van der Waals surface area contributed by atoms with Crippen LogP contribution in [-0.2, 0) is 6.61 Å². The van der Waals surface area contributed by atoms with Gasteiger partial charge in [-0.05, 0) is 68.8 Å². The molecule has 4 heteroatoms. The zero-order valence-electron chi connectivity index (χ0n) is 17.8. The van der Waals surface area contributed by atoms with Gasteiger partial charge in [-0.1, -0.05) is 36.4 Å². The summed E-state index contributed by atoms with van der Waals surface area (Å²) in [5.74, 6) is 1.84. The van der Waals surface area contributed by atoms with Gasteiger partial charge in [-0.2, -0.15) is 0 Å². The first-order chi connectivity index (χ1) is 14.8. The van der Waals surface area contributed by atoms with E-state index in [0.29, 0.717) is 12.6 Å². The molecule has 158 valence electrons. The third-order valence-corrected chi connectivity index (χ3v) is 6.90. The number of hydrogen-bond acceptors (Lipinski definition) is 4. The fourth-order valence-electron chi connectivity index (χ4n) is 4.92. The Labute approximate surface area is 180 Å². The Kier molecular flexibility index (Phi) is 5.94. The number of anilines is 1. The van der Waals surface area contributed by atoms with Crippen molar-refractivity contribution in [2.24, 2.45) is 5.92 Å². The number of benzene rings is 2. The van der Waals surface area contributed by atoms with E-state index in [1.54, 1.807) is 0 Å². The molecular weight excluding hydrogens is 370 g/mol. The molecule has 1 saturated carbocycles. The van der Waals surface area contributed by atoms with Crippen LogP contribution in [0.1, 0.15) is 37.7 Å². The fourth-order valence-corrected chi connectivity index (χ4v) is 4.92. The predicted molar refractivity (Wildman–Crippen MR) is 122 cm³/mol. The molecule has 0 unspecified atom stereocenters. The summed E-state index contributed by atoms with van der Waals surface area (Å²) in [4.78, 5) is 7.51. The van der Waals surface area contributed by atoms with Gasteiger partial charge < -0.3 is 19.4 Å². The average Bonchev–Trinajstić information content (AvgIpc) is 3.27. The minimum atomic E-state index is 0.604. The smallest absolute Gasteiger partial charge is 0.121 e. The number of hydrogen-bond donors (Lipinski definition) is 0. The van der Waals surface area contributed by atoms with Gasteiger partial charge in [-0.15, -0.1) is 0 Å². The summed E-state index contributed by atoms with van der Waals surface area (Å²) in [6, 6.07) is 19.5. The van der Waals surface area contributed by atoms with E-state index in [4.69, 9.17) is 4.74 Å². The van der Waals surface area contributed by atoms with E-state index in [9.17, 15) is 0 Å². The van der Waals surface area contributed by atoms with Crippen molar-refractivity contribution in [3.05, 3.63) is 72.6 Å². The maximum absolute atomic E-state index is 6.02. The lowest BCUT2D eigenvalue weighted by Crippen LogP contribution is -2.43. The largest absolute Gasteiger partial charge is 0.489 e. The van der Waals surface area contributed by atoms with Crippen LogP contribution >= 0.6 is 0 Å². The molecule has 2 aliphatic heterocycles. The lowest BCUT2D eigenvalue weighted by Gasteiger charge is -2.39. The molecule has 0 spiro atoms. The first-order valence-electron chi connectivity index (χ1n) is 11.5. The van der Waals surface area contributed by atoms with E-state index in [1.165, 1.54) is 63.0 Å². The highest BCUT2D eigenvalue weighted by Gasteiger charge is 2.29. The fraction of sp³-hybridized carbons (Fsp3) is 0.462. The van der Waals surface area contributed by atoms with E-state index in [2.05, 4.69) is 69.6 Å². The van der Waals surface area contributed by atoms with Crippen LogP contribution in [0.4, 0.5) is 5.69 Å². The van der Waals surface area contributed by atoms with Crippen LogP contribution in [0.25, 0.3) is 0 Å². The minimum absolute atomic E-state index is 0.604. The molecule has 1 aliphatic carbocycles. The molecule has 0 radical (unpaired) electrons. The summed E-state index contributed by atoms with van der Waals surface area (Å²) < 4.78 is 6.02. The van der Waals surface area contributed by atoms with Crippen molar-refractivity contribution in [3.63, 3.8) is 0 Å². The SMILES string of the molecule is C1=CN(C2CCC(CN3CCC3)CC2)CN1c1cccc(OCc2ccccc2)c1. The molecular formula is C26H33N3O. The standard InChI is InChI=1S/C26H33N3O/c1-2-6-23(7-3-1)20-30-26-9-4-8-25(18-26)29-17-16-28(21-29)24-12-10-22(11-13-24)19-27-14-5-15-27/h1-4,6-9,16-18,22,24H,5,10-15,19-21H2. The van der Waals surface area contributed by atoms with E-state index in [-0.39, 0.29) is 0 Å². The quantitative estimate of drug-likeness (QED) is 0.642. The van der Waals surface area contributed by atoms with Gasteiger partial charge in [0.2, 0.25) is 0 Å². The molecule has 2 aromatic carbocycles. The topological polar surface area (TPSA) is 19.0 Å². The molecule has 4 nitrogen and oxygen atoms in total. The van der Waals surface area contributed by atoms with E-state index in [1.807, 2.05) is 12.1 Å². The second-order valence-electron chi connectivity index (χ2n) is 9.02. The van der Waals surface area contributed by atoms with Crippen LogP contribution in [0, 0.1) is 5.92 Å². The number of likely N-dealkylation sites (tertiary alicyclic amines) is 1. The third-order valence-electron chi connectivity index (χ3n) is 6.90. The molecule has 2 fully saturated rings. The normalized spacial score (nSPS) is 24.1. The summed E-state index contributed by atoms with van der Waals surface area (Å²) >= 11 is 0. The molecule has 0 bridgehead atoms. The monoisotopic (exact) mass is 403 g/mol. The minimum Gasteiger partial charge on any atom is -0.489 e. The lowest BCUT2D eigenvalue weighted by molar-refractivity contribution is 0.116. The van der Waals surface area contributed by atoms with Crippen molar-refractivity contribution in [2.75, 3.05) is 31.2 Å². The van der Waals surface area contributed by atoms with E-state index >= 15 is 0 Å². The molecule has 2 heterocycles. The van der Waals surface area contributed by atoms with Gasteiger partial charge in [0.25, 0.3) is 0 Å². The Morgan fingerprint density at radius 3 is 2.47 bits per heavy atom. The Hall–Kier alpha value is -2.46. The van der Waals surface area contributed by atoms with Crippen molar-refractivity contribution < 1.29 is 4.74 Å². The lowest BCUT2D eigenvalue weighted by atomic mass is 9.84. The van der Waals surface area contributed by atoms with Crippen LogP contribution < -0.4 is 9.64 Å². The van der Waals surface area contributed by atoms with Gasteiger partial charge in [0, 0.05) is 36.7 Å². The summed E-state index contributed by atoms with van der Waals surface area (Å²) in [6.45, 7) is 5.55. The Morgan fingerprint density at radius 1 is 0.867 bits per heavy atom. The number of ether oxygens (including phenoxy) is 1. The molecule has 3 aliphatic rings. The first kappa shape index (κ1) is 19.5. The predicted octanol–water partition coefficient (Wildman–Crippen LogP) is 5.08. The molecule has 0 aromatic heterocycles. The van der Waals surface area contributed by atoms with Crippen molar-refractivity contribution in [3.8, 4) is 5.75 Å². The van der Waals surface area contributed by atoms with Gasteiger partial charge in [0.15, 0.2) is 0 Å². The van der Waals surface area contributed by atoms with Crippen LogP contribution in [-0.4, -0.2) is 42.1 Å². The van der Waals surface area contributed by atoms with Crippen molar-refractivity contribution in [1.29, 1.82) is 0 Å². The van der Waals surface area contributed by atoms with E-state index < -0.39 is 0 Å². The molecule has 1 saturated heterocycles. The van der Waals surface area contributed by atoms with Crippen LogP contribution in [0.2, 0.25) is 0 Å². The van der Waals surface area contributed by atoms with Gasteiger partial charge in [-0.25, -0.2) is 0 Å². The third kappa shape index (κ3) is 4.65. The molecule has 5 rings (SSSR count). The summed E-state index contributed by atoms with van der Waals surface area (Å²) in [5.41, 5.74) is 2.39. The Morgan fingerprint density at radius 2 is 1.70 bits per heavy atom. The highest BCUT2D eigenvalue weighted by Crippen LogP contribution is 2.32. The van der Waals surface area contributed by atoms with Crippen LogP contribution in [0.15, 0.2) is 67.0 Å². The van der Waals surface area contributed by atoms with E-state index in [0.717, 1.165) is 18.3 Å². The highest BCUT2D eigenvalue weighted by molar-refractivity contribution is 5.53. The molecule has 2 aromatic rings. The number of rotatable bonds is 7. The van der Waals surface area contributed by atoms with Crippen molar-refractivity contribution in [2.45, 2.75) is 44.8 Å². The zero-order valence-corrected chi connectivity index (χ0v) is 17.8. The summed E-state index contributed by atoms with van der Waals surface area (Å²) in [7, 11) is 0. The van der Waals surface area contributed by atoms with Gasteiger partial charge >= 0.3 is 0 Å².